The van der Waals surface area contributed by atoms with Gasteiger partial charge in [-0.2, -0.15) is 0 Å². The van der Waals surface area contributed by atoms with Crippen LogP contribution in [0.3, 0.4) is 0 Å². The Hall–Kier alpha value is -4.88. The molecule has 0 aliphatic heterocycles. The van der Waals surface area contributed by atoms with Gasteiger partial charge in [-0.25, -0.2) is 24.9 Å². The fraction of sp³-hybridized carbons (Fsp3) is 0.0800. The van der Waals surface area contributed by atoms with E-state index in [1.807, 2.05) is 6.92 Å². The second-order valence-electron chi connectivity index (χ2n) is 7.63. The van der Waals surface area contributed by atoms with Crippen LogP contribution < -0.4 is 16.6 Å². The van der Waals surface area contributed by atoms with Crippen molar-refractivity contribution in [2.45, 2.75) is 13.0 Å². The summed E-state index contributed by atoms with van der Waals surface area (Å²) in [5, 5.41) is 3.91. The Morgan fingerprint density at radius 1 is 1.03 bits per heavy atom. The normalized spacial score (nSPS) is 11.5. The maximum Gasteiger partial charge on any atom is 0.267 e. The van der Waals surface area contributed by atoms with Gasteiger partial charge in [-0.05, 0) is 43.2 Å². The van der Waals surface area contributed by atoms with Gasteiger partial charge >= 0.3 is 0 Å². The largest absolute Gasteiger partial charge is 0.382 e. The highest BCUT2D eigenvalue weighted by molar-refractivity contribution is 6.35. The maximum absolute atomic E-state index is 13.6. The van der Waals surface area contributed by atoms with E-state index in [-0.39, 0.29) is 11.4 Å². The molecule has 0 bridgehead atoms. The number of nitrogens with two attached hydrogens (primary N) is 1. The number of nitrogens with one attached hydrogen (secondary N) is 1. The molecule has 5 rings (SSSR count). The van der Waals surface area contributed by atoms with E-state index in [2.05, 4.69) is 42.1 Å². The molecule has 0 fully saturated rings. The molecule has 1 unspecified atom stereocenters. The first kappa shape index (κ1) is 22.9. The van der Waals surface area contributed by atoms with Crippen LogP contribution in [0.4, 0.5) is 11.6 Å². The summed E-state index contributed by atoms with van der Waals surface area (Å²) in [6, 6.07) is 9.85. The van der Waals surface area contributed by atoms with Gasteiger partial charge in [-0.1, -0.05) is 23.6 Å². The number of benzene rings is 1. The summed E-state index contributed by atoms with van der Waals surface area (Å²) in [5.74, 6) is 7.12. The molecule has 0 spiro atoms. The minimum atomic E-state index is -0.510. The molecule has 11 heteroatoms. The van der Waals surface area contributed by atoms with E-state index in [9.17, 15) is 4.79 Å². The number of rotatable bonds is 4. The van der Waals surface area contributed by atoms with E-state index in [0.29, 0.717) is 44.6 Å². The van der Waals surface area contributed by atoms with Crippen molar-refractivity contribution in [1.82, 2.24) is 34.5 Å². The first-order chi connectivity index (χ1) is 17.5. The van der Waals surface area contributed by atoms with Crippen molar-refractivity contribution in [2.24, 2.45) is 0 Å². The van der Waals surface area contributed by atoms with Crippen molar-refractivity contribution in [3.05, 3.63) is 100 Å². The van der Waals surface area contributed by atoms with Crippen LogP contribution in [0.15, 0.2) is 72.3 Å². The number of fused-ring (bicyclic) bond motifs is 1. The average Bonchev–Trinajstić information content (AvgIpc) is 2.89. The quantitative estimate of drug-likeness (QED) is 0.360. The standard InChI is InChI=1S/C25H18ClN9O/c1-15(33-23-17(22(27)31-14-32-23)8-9-20-29-11-4-12-30-20)24-34-19-7-2-6-18(26)21(19)25(36)35(24)16-5-3-10-28-13-16/h2-7,10-15H,1H3,(H3,27,31,32,33). The van der Waals surface area contributed by atoms with Crippen LogP contribution in [0.2, 0.25) is 5.02 Å². The fourth-order valence-corrected chi connectivity index (χ4v) is 3.87. The van der Waals surface area contributed by atoms with Crippen molar-refractivity contribution in [3.63, 3.8) is 0 Å². The number of anilines is 2. The highest BCUT2D eigenvalue weighted by Crippen LogP contribution is 2.25. The van der Waals surface area contributed by atoms with Gasteiger partial charge < -0.3 is 11.1 Å². The maximum atomic E-state index is 13.6. The molecule has 1 aromatic carbocycles. The van der Waals surface area contributed by atoms with E-state index in [1.165, 1.54) is 10.9 Å². The molecule has 5 aromatic rings. The number of pyridine rings is 1. The second-order valence-corrected chi connectivity index (χ2v) is 8.03. The molecular formula is C25H18ClN9O. The van der Waals surface area contributed by atoms with Gasteiger partial charge in [-0.15, -0.1) is 0 Å². The van der Waals surface area contributed by atoms with Crippen LogP contribution >= 0.6 is 11.6 Å². The average molecular weight is 496 g/mol. The Balaban J connectivity index is 1.62. The Morgan fingerprint density at radius 2 is 1.86 bits per heavy atom. The van der Waals surface area contributed by atoms with Crippen molar-refractivity contribution < 1.29 is 0 Å². The van der Waals surface area contributed by atoms with E-state index in [1.54, 1.807) is 61.2 Å². The molecule has 4 heterocycles. The monoisotopic (exact) mass is 495 g/mol. The van der Waals surface area contributed by atoms with Crippen LogP contribution in [0.5, 0.6) is 0 Å². The predicted octanol–water partition coefficient (Wildman–Crippen LogP) is 3.17. The van der Waals surface area contributed by atoms with Gasteiger partial charge in [0.05, 0.1) is 33.9 Å². The van der Waals surface area contributed by atoms with E-state index >= 15 is 0 Å². The first-order valence-electron chi connectivity index (χ1n) is 10.8. The van der Waals surface area contributed by atoms with Crippen molar-refractivity contribution in [2.75, 3.05) is 11.1 Å². The lowest BCUT2D eigenvalue weighted by molar-refractivity contribution is 0.729. The molecular weight excluding hydrogens is 478 g/mol. The summed E-state index contributed by atoms with van der Waals surface area (Å²) in [7, 11) is 0. The molecule has 0 radical (unpaired) electrons. The van der Waals surface area contributed by atoms with Crippen LogP contribution in [-0.4, -0.2) is 34.5 Å². The zero-order valence-corrected chi connectivity index (χ0v) is 19.7. The van der Waals surface area contributed by atoms with Gasteiger partial charge in [0, 0.05) is 18.6 Å². The molecule has 4 aromatic heterocycles. The molecule has 0 amide bonds. The minimum Gasteiger partial charge on any atom is -0.382 e. The lowest BCUT2D eigenvalue weighted by Crippen LogP contribution is -2.28. The van der Waals surface area contributed by atoms with Crippen molar-refractivity contribution in [3.8, 4) is 17.5 Å². The molecule has 10 nitrogen and oxygen atoms in total. The number of aromatic nitrogens is 7. The van der Waals surface area contributed by atoms with Crippen LogP contribution in [0.25, 0.3) is 16.6 Å². The summed E-state index contributed by atoms with van der Waals surface area (Å²) in [4.78, 5) is 39.1. The Labute approximate surface area is 210 Å². The molecule has 36 heavy (non-hydrogen) atoms. The Morgan fingerprint density at radius 3 is 2.64 bits per heavy atom. The summed E-state index contributed by atoms with van der Waals surface area (Å²) in [6.45, 7) is 1.85. The fourth-order valence-electron chi connectivity index (χ4n) is 3.62. The lowest BCUT2D eigenvalue weighted by Gasteiger charge is -2.20. The zero-order chi connectivity index (χ0) is 25.1. The number of nitrogen functional groups attached to an aromatic ring is 1. The second kappa shape index (κ2) is 9.77. The van der Waals surface area contributed by atoms with E-state index in [4.69, 9.17) is 22.3 Å². The third kappa shape index (κ3) is 4.43. The van der Waals surface area contributed by atoms with Gasteiger partial charge in [0.2, 0.25) is 5.82 Å². The number of nitrogens with zero attached hydrogens (tertiary/aromatic N) is 7. The molecule has 176 valence electrons. The summed E-state index contributed by atoms with van der Waals surface area (Å²) < 4.78 is 1.48. The van der Waals surface area contributed by atoms with Gasteiger partial charge in [0.25, 0.3) is 5.56 Å². The molecule has 0 saturated heterocycles. The summed E-state index contributed by atoms with van der Waals surface area (Å²) in [6.07, 6.45) is 7.73. The van der Waals surface area contributed by atoms with Crippen molar-refractivity contribution in [1.29, 1.82) is 0 Å². The van der Waals surface area contributed by atoms with Gasteiger partial charge in [0.1, 0.15) is 29.4 Å². The molecule has 0 aliphatic rings. The van der Waals surface area contributed by atoms with Crippen LogP contribution in [-0.2, 0) is 0 Å². The number of hydrogen-bond donors (Lipinski definition) is 2. The third-order valence-corrected chi connectivity index (χ3v) is 5.57. The summed E-state index contributed by atoms with van der Waals surface area (Å²) in [5.41, 5.74) is 7.18. The van der Waals surface area contributed by atoms with Gasteiger partial charge in [0.15, 0.2) is 0 Å². The summed E-state index contributed by atoms with van der Waals surface area (Å²) >= 11 is 6.37. The first-order valence-corrected chi connectivity index (χ1v) is 11.2. The highest BCUT2D eigenvalue weighted by atomic mass is 35.5. The lowest BCUT2D eigenvalue weighted by atomic mass is 10.2. The smallest absolute Gasteiger partial charge is 0.267 e. The number of halogens is 1. The van der Waals surface area contributed by atoms with Crippen LogP contribution in [0.1, 0.15) is 30.2 Å². The molecule has 0 aliphatic carbocycles. The molecule has 1 atom stereocenters. The zero-order valence-electron chi connectivity index (χ0n) is 18.9. The highest BCUT2D eigenvalue weighted by Gasteiger charge is 2.21. The minimum absolute atomic E-state index is 0.186. The number of hydrogen-bond acceptors (Lipinski definition) is 9. The van der Waals surface area contributed by atoms with Crippen molar-refractivity contribution >= 4 is 34.1 Å². The SMILES string of the molecule is CC(Nc1ncnc(N)c1C#Cc1ncccn1)c1nc2cccc(Cl)c2c(=O)n1-c1cccnc1. The van der Waals surface area contributed by atoms with Gasteiger partial charge in [-0.3, -0.25) is 14.3 Å². The molecule has 0 saturated carbocycles. The topological polar surface area (TPSA) is 137 Å². The Kier molecular flexibility index (Phi) is 6.21. The molecule has 3 N–H and O–H groups in total. The van der Waals surface area contributed by atoms with E-state index < -0.39 is 6.04 Å². The Bertz CT molecular complexity index is 1680. The van der Waals surface area contributed by atoms with E-state index in [0.717, 1.165) is 0 Å². The van der Waals surface area contributed by atoms with Crippen LogP contribution in [0, 0.1) is 11.8 Å². The third-order valence-electron chi connectivity index (χ3n) is 5.26. The predicted molar refractivity (Wildman–Crippen MR) is 137 cm³/mol.